The Balaban J connectivity index is 1.02. The van der Waals surface area contributed by atoms with E-state index in [1.807, 2.05) is 78.9 Å². The Hall–Kier alpha value is -6.67. The predicted molar refractivity (Wildman–Crippen MR) is 253 cm³/mol. The lowest BCUT2D eigenvalue weighted by atomic mass is 9.94. The molecule has 0 radical (unpaired) electrons. The number of esters is 1. The topological polar surface area (TPSA) is 141 Å². The minimum absolute atomic E-state index is 0.00373. The predicted octanol–water partition coefficient (Wildman–Crippen LogP) is 9.65. The van der Waals surface area contributed by atoms with E-state index in [-0.39, 0.29) is 62.7 Å². The fourth-order valence-corrected chi connectivity index (χ4v) is 9.28. The molecule has 3 atom stereocenters. The van der Waals surface area contributed by atoms with Gasteiger partial charge in [-0.2, -0.15) is 5.01 Å². The quantitative estimate of drug-likeness (QED) is 0.0597. The summed E-state index contributed by atoms with van der Waals surface area (Å²) in [5, 5.41) is 11.4. The molecule has 4 heterocycles. The van der Waals surface area contributed by atoms with Crippen LogP contribution in [0, 0.1) is 5.82 Å². The first kappa shape index (κ1) is 46.8. The van der Waals surface area contributed by atoms with E-state index in [1.165, 1.54) is 55.7 Å². The molecule has 4 amide bonds. The van der Waals surface area contributed by atoms with Crippen LogP contribution in [0.3, 0.4) is 0 Å². The van der Waals surface area contributed by atoms with Crippen molar-refractivity contribution in [2.45, 2.75) is 122 Å². The van der Waals surface area contributed by atoms with Crippen LogP contribution in [-0.2, 0) is 38.8 Å². The number of nitrogens with zero attached hydrogens (tertiary/aromatic N) is 6. The molecule has 2 saturated heterocycles. The summed E-state index contributed by atoms with van der Waals surface area (Å²) in [6.45, 7) is 2.46. The van der Waals surface area contributed by atoms with Gasteiger partial charge in [0.15, 0.2) is 5.76 Å². The molecule has 0 saturated carbocycles. The lowest BCUT2D eigenvalue weighted by Crippen LogP contribution is -2.76. The number of benzene rings is 3. The van der Waals surface area contributed by atoms with E-state index >= 15 is 0 Å². The maximum atomic E-state index is 14.9. The number of amides is 4. The average molecular weight is 910 g/mol. The maximum absolute atomic E-state index is 14.9. The number of halogens is 1. The van der Waals surface area contributed by atoms with Crippen molar-refractivity contribution in [3.05, 3.63) is 144 Å². The highest BCUT2D eigenvalue weighted by Crippen LogP contribution is 2.33. The van der Waals surface area contributed by atoms with Gasteiger partial charge in [-0.1, -0.05) is 124 Å². The summed E-state index contributed by atoms with van der Waals surface area (Å²) in [6.07, 6.45) is 17.6. The number of aromatic nitrogens is 2. The molecule has 13 nitrogen and oxygen atoms in total. The lowest BCUT2D eigenvalue weighted by molar-refractivity contribution is -0.193. The van der Waals surface area contributed by atoms with Gasteiger partial charge < -0.3 is 24.4 Å². The van der Waals surface area contributed by atoms with Gasteiger partial charge in [-0.05, 0) is 65.6 Å². The van der Waals surface area contributed by atoms with Crippen LogP contribution in [0.5, 0.6) is 0 Å². The van der Waals surface area contributed by atoms with Gasteiger partial charge in [0.2, 0.25) is 11.8 Å². The summed E-state index contributed by atoms with van der Waals surface area (Å²) in [7, 11) is 0. The molecule has 67 heavy (non-hydrogen) atoms. The number of urea groups is 1. The summed E-state index contributed by atoms with van der Waals surface area (Å²) >= 11 is 0. The number of carbonyl (C=O) groups is 4. The number of rotatable bonds is 20. The zero-order chi connectivity index (χ0) is 46.5. The van der Waals surface area contributed by atoms with Gasteiger partial charge in [-0.3, -0.25) is 19.4 Å². The minimum Gasteiger partial charge on any atom is -0.458 e. The Labute approximate surface area is 391 Å². The Morgan fingerprint density at radius 2 is 1.66 bits per heavy atom. The van der Waals surface area contributed by atoms with Crippen molar-refractivity contribution in [1.29, 1.82) is 0 Å². The highest BCUT2D eigenvalue weighted by molar-refractivity contribution is 5.92. The summed E-state index contributed by atoms with van der Waals surface area (Å²) in [5.41, 5.74) is 4.50. The largest absolute Gasteiger partial charge is 0.458 e. The summed E-state index contributed by atoms with van der Waals surface area (Å²) in [5.74, 6) is -0.786. The zero-order valence-corrected chi connectivity index (χ0v) is 38.2. The number of unbranched alkanes of at least 4 members (excludes halogenated alkanes) is 8. The van der Waals surface area contributed by atoms with E-state index < -0.39 is 24.3 Å². The van der Waals surface area contributed by atoms with Crippen LogP contribution in [0.15, 0.2) is 126 Å². The van der Waals surface area contributed by atoms with E-state index in [9.17, 15) is 23.6 Å². The Kier molecular flexibility index (Phi) is 15.9. The third-order valence-electron chi connectivity index (χ3n) is 12.8. The van der Waals surface area contributed by atoms with Crippen molar-refractivity contribution in [3.63, 3.8) is 0 Å². The first-order chi connectivity index (χ1) is 32.7. The molecule has 350 valence electrons. The second-order valence-corrected chi connectivity index (χ2v) is 17.7. The second-order valence-electron chi connectivity index (χ2n) is 17.7. The maximum Gasteiger partial charge on any atom is 0.334 e. The Morgan fingerprint density at radius 3 is 2.42 bits per heavy atom. The average Bonchev–Trinajstić information content (AvgIpc) is 3.81. The fraction of sp³-hybridized carbons (Fsp3) is 0.396. The second kappa shape index (κ2) is 22.7. The molecular formula is C53H60FN7O6. The number of pyridine rings is 1. The monoisotopic (exact) mass is 909 g/mol. The summed E-state index contributed by atoms with van der Waals surface area (Å²) in [4.78, 5) is 64.8. The molecule has 14 heteroatoms. The molecule has 2 aliphatic heterocycles. The minimum atomic E-state index is -0.956. The van der Waals surface area contributed by atoms with Crippen LogP contribution in [-0.4, -0.2) is 85.2 Å². The van der Waals surface area contributed by atoms with Crippen LogP contribution >= 0.6 is 0 Å². The van der Waals surface area contributed by atoms with Gasteiger partial charge in [-0.25, -0.2) is 14.2 Å². The molecule has 2 aromatic heterocycles. The standard InChI is InChI=1S/C53H60FN7O6/c1-2-3-4-5-6-7-8-9-13-21-51(63)66-43-28-22-38(23-29-43)31-48-52(64)58(34-41-18-14-20-46-45(41)19-15-30-55-46)36-49-60(48)50(62)37-59(61(49)53(65)56-33-39-16-11-10-12-17-39)35-44-32-47(57-67-44)40-24-26-42(54)27-25-40/h10-12,14-20,22-28,30,32,43,48-49H,2-9,13,21,29,31,33-37H2,1H3,(H,56,65). The van der Waals surface area contributed by atoms with E-state index in [0.29, 0.717) is 29.9 Å². The van der Waals surface area contributed by atoms with Crippen molar-refractivity contribution in [2.24, 2.45) is 0 Å². The molecular weight excluding hydrogens is 850 g/mol. The molecule has 3 aromatic carbocycles. The number of hydrogen-bond acceptors (Lipinski definition) is 9. The highest BCUT2D eigenvalue weighted by atomic mass is 19.1. The third kappa shape index (κ3) is 12.0. The van der Waals surface area contributed by atoms with Crippen LogP contribution in [0.4, 0.5) is 9.18 Å². The van der Waals surface area contributed by atoms with Crippen molar-refractivity contribution in [2.75, 3.05) is 13.1 Å². The van der Waals surface area contributed by atoms with E-state index in [4.69, 9.17) is 9.26 Å². The Morgan fingerprint density at radius 1 is 0.881 bits per heavy atom. The number of nitrogens with one attached hydrogen (secondary N) is 1. The molecule has 5 aromatic rings. The lowest BCUT2D eigenvalue weighted by Gasteiger charge is -2.55. The number of carbonyl (C=O) groups excluding carboxylic acids is 4. The Bertz CT molecular complexity index is 2540. The molecule has 2 fully saturated rings. The van der Waals surface area contributed by atoms with Gasteiger partial charge in [0, 0.05) is 55.6 Å². The molecule has 1 N–H and O–H groups in total. The van der Waals surface area contributed by atoms with E-state index in [2.05, 4.69) is 22.4 Å². The number of ether oxygens (including phenoxy) is 1. The highest BCUT2D eigenvalue weighted by Gasteiger charge is 2.51. The van der Waals surface area contributed by atoms with Gasteiger partial charge in [-0.15, -0.1) is 0 Å². The van der Waals surface area contributed by atoms with Crippen LogP contribution in [0.1, 0.15) is 101 Å². The first-order valence-electron chi connectivity index (χ1n) is 23.8. The van der Waals surface area contributed by atoms with Crippen molar-refractivity contribution in [1.82, 2.24) is 35.3 Å². The summed E-state index contributed by atoms with van der Waals surface area (Å²) < 4.78 is 25.3. The molecule has 8 rings (SSSR count). The van der Waals surface area contributed by atoms with Crippen molar-refractivity contribution < 1.29 is 32.8 Å². The summed E-state index contributed by atoms with van der Waals surface area (Å²) in [6, 6.07) is 25.3. The zero-order valence-electron chi connectivity index (χ0n) is 38.2. The third-order valence-corrected chi connectivity index (χ3v) is 12.8. The SMILES string of the molecule is CCCCCCCCCCCC(=O)OC1C=CC(CC2C(=O)N(Cc3cccc4ncccc34)CC3N2C(=O)CN(Cc2cc(-c4ccc(F)cc4)no2)N3C(=O)NCc2ccccc2)=CC1. The number of hydrogen-bond donors (Lipinski definition) is 1. The van der Waals surface area contributed by atoms with Crippen LogP contribution < -0.4 is 5.32 Å². The normalized spacial score (nSPS) is 18.6. The van der Waals surface area contributed by atoms with Crippen LogP contribution in [0.2, 0.25) is 0 Å². The number of allylic oxidation sites excluding steroid dienone is 1. The van der Waals surface area contributed by atoms with Crippen LogP contribution in [0.25, 0.3) is 22.2 Å². The molecule has 0 bridgehead atoms. The van der Waals surface area contributed by atoms with Gasteiger partial charge >= 0.3 is 12.0 Å². The van der Waals surface area contributed by atoms with Crippen molar-refractivity contribution in [3.8, 4) is 11.3 Å². The molecule has 3 aliphatic rings. The van der Waals surface area contributed by atoms with Gasteiger partial charge in [0.1, 0.15) is 29.8 Å². The molecule has 1 aliphatic carbocycles. The first-order valence-corrected chi connectivity index (χ1v) is 23.8. The van der Waals surface area contributed by atoms with Gasteiger partial charge in [0.25, 0.3) is 0 Å². The fourth-order valence-electron chi connectivity index (χ4n) is 9.28. The van der Waals surface area contributed by atoms with E-state index in [1.54, 1.807) is 39.2 Å². The van der Waals surface area contributed by atoms with E-state index in [0.717, 1.165) is 46.9 Å². The van der Waals surface area contributed by atoms with Crippen molar-refractivity contribution >= 4 is 34.7 Å². The molecule has 0 spiro atoms. The smallest absolute Gasteiger partial charge is 0.334 e. The number of fused-ring (bicyclic) bond motifs is 2. The number of piperazine rings is 1. The number of hydrazine groups is 1. The van der Waals surface area contributed by atoms with Gasteiger partial charge in [0.05, 0.1) is 25.2 Å². The molecule has 3 unspecified atom stereocenters.